The molecule has 0 aromatic carbocycles. The summed E-state index contributed by atoms with van der Waals surface area (Å²) in [6.45, 7) is 12.6. The first-order valence-corrected chi connectivity index (χ1v) is 6.86. The van der Waals surface area contributed by atoms with Crippen molar-refractivity contribution in [3.63, 3.8) is 0 Å². The molecule has 0 aliphatic carbocycles. The second-order valence-corrected chi connectivity index (χ2v) is 5.82. The van der Waals surface area contributed by atoms with Crippen molar-refractivity contribution in [3.05, 3.63) is 12.7 Å². The summed E-state index contributed by atoms with van der Waals surface area (Å²) in [7, 11) is 0. The quantitative estimate of drug-likeness (QED) is 0.617. The minimum atomic E-state index is -0.449. The number of ether oxygens (including phenoxy) is 1. The lowest BCUT2D eigenvalue weighted by Gasteiger charge is -2.36. The second kappa shape index (κ2) is 6.75. The van der Waals surface area contributed by atoms with Gasteiger partial charge < -0.3 is 19.9 Å². The number of piperazine rings is 1. The number of nitrogens with one attached hydrogen (secondary N) is 1. The maximum absolute atomic E-state index is 11.9. The van der Waals surface area contributed by atoms with E-state index in [1.54, 1.807) is 11.0 Å². The van der Waals surface area contributed by atoms with Gasteiger partial charge in [-0.15, -0.1) is 6.58 Å². The minimum absolute atomic E-state index is 0.253. The molecule has 1 saturated heterocycles. The molecule has 19 heavy (non-hydrogen) atoms. The average molecular weight is 285 g/mol. The molecular formula is C13H23N3O2S. The third-order valence-corrected chi connectivity index (χ3v) is 3.02. The average Bonchev–Trinajstić information content (AvgIpc) is 2.34. The lowest BCUT2D eigenvalue weighted by Crippen LogP contribution is -2.53. The van der Waals surface area contributed by atoms with Crippen LogP contribution in [0.15, 0.2) is 12.7 Å². The van der Waals surface area contributed by atoms with Crippen LogP contribution in [0.3, 0.4) is 0 Å². The van der Waals surface area contributed by atoms with E-state index < -0.39 is 5.60 Å². The molecule has 1 heterocycles. The normalized spacial score (nSPS) is 15.9. The maximum atomic E-state index is 11.9. The van der Waals surface area contributed by atoms with Crippen LogP contribution in [0.1, 0.15) is 20.8 Å². The van der Waals surface area contributed by atoms with Crippen molar-refractivity contribution in [3.8, 4) is 0 Å². The molecule has 108 valence electrons. The SMILES string of the molecule is C=CCNC(=S)N1CCN(C(=O)OC(C)(C)C)CC1. The molecule has 1 N–H and O–H groups in total. The van der Waals surface area contributed by atoms with Gasteiger partial charge in [0.05, 0.1) is 0 Å². The fraction of sp³-hybridized carbons (Fsp3) is 0.692. The molecule has 0 radical (unpaired) electrons. The summed E-state index contributed by atoms with van der Waals surface area (Å²) in [6.07, 6.45) is 1.51. The number of amides is 1. The van der Waals surface area contributed by atoms with Gasteiger partial charge in [-0.2, -0.15) is 0 Å². The molecule has 0 spiro atoms. The van der Waals surface area contributed by atoms with Crippen molar-refractivity contribution < 1.29 is 9.53 Å². The lowest BCUT2D eigenvalue weighted by molar-refractivity contribution is 0.0187. The summed E-state index contributed by atoms with van der Waals surface area (Å²) in [4.78, 5) is 15.7. The largest absolute Gasteiger partial charge is 0.444 e. The van der Waals surface area contributed by atoms with E-state index in [9.17, 15) is 4.79 Å². The number of thiocarbonyl (C=S) groups is 1. The summed E-state index contributed by atoms with van der Waals surface area (Å²) in [6, 6.07) is 0. The molecule has 1 fully saturated rings. The number of carbonyl (C=O) groups excluding carboxylic acids is 1. The molecule has 0 bridgehead atoms. The van der Waals surface area contributed by atoms with Crippen molar-refractivity contribution in [2.75, 3.05) is 32.7 Å². The summed E-state index contributed by atoms with van der Waals surface area (Å²) >= 11 is 5.26. The molecule has 6 heteroatoms. The second-order valence-electron chi connectivity index (χ2n) is 5.43. The molecule has 0 atom stereocenters. The summed E-state index contributed by atoms with van der Waals surface area (Å²) in [5, 5.41) is 3.80. The zero-order chi connectivity index (χ0) is 14.5. The van der Waals surface area contributed by atoms with Crippen molar-refractivity contribution in [1.29, 1.82) is 0 Å². The van der Waals surface area contributed by atoms with Gasteiger partial charge in [0.15, 0.2) is 5.11 Å². The van der Waals surface area contributed by atoms with Crippen LogP contribution in [0.2, 0.25) is 0 Å². The predicted octanol–water partition coefficient (Wildman–Crippen LogP) is 1.60. The van der Waals surface area contributed by atoms with Crippen LogP contribution in [-0.2, 0) is 4.74 Å². The van der Waals surface area contributed by atoms with Crippen molar-refractivity contribution >= 4 is 23.4 Å². The number of nitrogens with zero attached hydrogens (tertiary/aromatic N) is 2. The van der Waals surface area contributed by atoms with Crippen LogP contribution in [-0.4, -0.2) is 59.3 Å². The number of hydrogen-bond acceptors (Lipinski definition) is 3. The van der Waals surface area contributed by atoms with Crippen LogP contribution < -0.4 is 5.32 Å². The van der Waals surface area contributed by atoms with E-state index >= 15 is 0 Å². The highest BCUT2D eigenvalue weighted by atomic mass is 32.1. The van der Waals surface area contributed by atoms with Gasteiger partial charge in [0.2, 0.25) is 0 Å². The number of rotatable bonds is 2. The van der Waals surface area contributed by atoms with E-state index in [0.717, 1.165) is 13.1 Å². The minimum Gasteiger partial charge on any atom is -0.444 e. The lowest BCUT2D eigenvalue weighted by atomic mass is 10.2. The standard InChI is InChI=1S/C13H23N3O2S/c1-5-6-14-11(19)15-7-9-16(10-8-15)12(17)18-13(2,3)4/h5H,1,6-10H2,2-4H3,(H,14,19). The smallest absolute Gasteiger partial charge is 0.410 e. The van der Waals surface area contributed by atoms with Gasteiger partial charge in [0, 0.05) is 32.7 Å². The molecule has 0 unspecified atom stereocenters. The number of carbonyl (C=O) groups is 1. The first-order valence-electron chi connectivity index (χ1n) is 6.45. The van der Waals surface area contributed by atoms with Gasteiger partial charge >= 0.3 is 6.09 Å². The van der Waals surface area contributed by atoms with Crippen molar-refractivity contribution in [2.45, 2.75) is 26.4 Å². The Labute approximate surface area is 120 Å². The van der Waals surface area contributed by atoms with Gasteiger partial charge in [-0.1, -0.05) is 6.08 Å². The Kier molecular flexibility index (Phi) is 5.60. The first-order chi connectivity index (χ1) is 8.83. The molecule has 5 nitrogen and oxygen atoms in total. The van der Waals surface area contributed by atoms with E-state index in [1.807, 2.05) is 20.8 Å². The molecular weight excluding hydrogens is 262 g/mol. The molecule has 1 aliphatic heterocycles. The molecule has 1 rings (SSSR count). The Balaban J connectivity index is 2.38. The first kappa shape index (κ1) is 15.8. The van der Waals surface area contributed by atoms with Crippen LogP contribution >= 0.6 is 12.2 Å². The molecule has 0 saturated carbocycles. The van der Waals surface area contributed by atoms with Gasteiger partial charge in [0.25, 0.3) is 0 Å². The summed E-state index contributed by atoms with van der Waals surface area (Å²) in [5.74, 6) is 0. The van der Waals surface area contributed by atoms with E-state index in [1.165, 1.54) is 0 Å². The van der Waals surface area contributed by atoms with Crippen molar-refractivity contribution in [2.24, 2.45) is 0 Å². The number of hydrogen-bond donors (Lipinski definition) is 1. The zero-order valence-corrected chi connectivity index (χ0v) is 12.8. The highest BCUT2D eigenvalue weighted by Crippen LogP contribution is 2.11. The molecule has 1 aliphatic rings. The Hall–Kier alpha value is -1.30. The van der Waals surface area contributed by atoms with Crippen molar-refractivity contribution in [1.82, 2.24) is 15.1 Å². The zero-order valence-electron chi connectivity index (χ0n) is 11.9. The van der Waals surface area contributed by atoms with Crippen LogP contribution in [0.4, 0.5) is 4.79 Å². The van der Waals surface area contributed by atoms with Crippen LogP contribution in [0.25, 0.3) is 0 Å². The van der Waals surface area contributed by atoms with E-state index in [2.05, 4.69) is 16.8 Å². The summed E-state index contributed by atoms with van der Waals surface area (Å²) in [5.41, 5.74) is -0.449. The Bertz CT molecular complexity index is 344. The third-order valence-electron chi connectivity index (χ3n) is 2.62. The topological polar surface area (TPSA) is 44.8 Å². The van der Waals surface area contributed by atoms with E-state index in [0.29, 0.717) is 24.7 Å². The predicted molar refractivity (Wildman–Crippen MR) is 80.2 cm³/mol. The fourth-order valence-electron chi connectivity index (χ4n) is 1.69. The molecule has 0 aromatic heterocycles. The van der Waals surface area contributed by atoms with Gasteiger partial charge in [0.1, 0.15) is 5.60 Å². The Morgan fingerprint density at radius 2 is 1.84 bits per heavy atom. The Morgan fingerprint density at radius 3 is 2.32 bits per heavy atom. The fourth-order valence-corrected chi connectivity index (χ4v) is 1.96. The van der Waals surface area contributed by atoms with Gasteiger partial charge in [-0.3, -0.25) is 0 Å². The van der Waals surface area contributed by atoms with E-state index in [4.69, 9.17) is 17.0 Å². The van der Waals surface area contributed by atoms with Crippen LogP contribution in [0.5, 0.6) is 0 Å². The van der Waals surface area contributed by atoms with E-state index in [-0.39, 0.29) is 6.09 Å². The highest BCUT2D eigenvalue weighted by Gasteiger charge is 2.26. The highest BCUT2D eigenvalue weighted by molar-refractivity contribution is 7.80. The molecule has 0 aromatic rings. The maximum Gasteiger partial charge on any atom is 0.410 e. The monoisotopic (exact) mass is 285 g/mol. The van der Waals surface area contributed by atoms with Gasteiger partial charge in [-0.25, -0.2) is 4.79 Å². The van der Waals surface area contributed by atoms with Gasteiger partial charge in [-0.05, 0) is 33.0 Å². The van der Waals surface area contributed by atoms with Crippen LogP contribution in [0, 0.1) is 0 Å². The molecule has 1 amide bonds. The Morgan fingerprint density at radius 1 is 1.32 bits per heavy atom. The summed E-state index contributed by atoms with van der Waals surface area (Å²) < 4.78 is 5.34. The third kappa shape index (κ3) is 5.46.